The van der Waals surface area contributed by atoms with Crippen LogP contribution in [0, 0.1) is 5.92 Å². The summed E-state index contributed by atoms with van der Waals surface area (Å²) in [5.74, 6) is 0.792. The zero-order chi connectivity index (χ0) is 9.10. The molecule has 2 fully saturated rings. The van der Waals surface area contributed by atoms with Crippen molar-refractivity contribution < 1.29 is 4.74 Å². The quantitative estimate of drug-likeness (QED) is 0.703. The van der Waals surface area contributed by atoms with Crippen LogP contribution in [0.3, 0.4) is 0 Å². The van der Waals surface area contributed by atoms with Crippen LogP contribution < -0.4 is 5.32 Å². The second-order valence-corrected chi connectivity index (χ2v) is 4.43. The van der Waals surface area contributed by atoms with Crippen molar-refractivity contribution in [2.24, 2.45) is 5.92 Å². The standard InChI is InChI=1S/C11H21NO/c1-2-3-11-9(6-7-13-11)8-12-10-4-5-10/h9-12H,2-8H2,1H3. The number of hydrogen-bond donors (Lipinski definition) is 1. The van der Waals surface area contributed by atoms with Crippen LogP contribution in [0.25, 0.3) is 0 Å². The highest BCUT2D eigenvalue weighted by molar-refractivity contribution is 4.85. The summed E-state index contributed by atoms with van der Waals surface area (Å²) < 4.78 is 5.72. The van der Waals surface area contributed by atoms with Gasteiger partial charge in [0, 0.05) is 19.2 Å². The Labute approximate surface area is 81.0 Å². The number of nitrogens with one attached hydrogen (secondary N) is 1. The summed E-state index contributed by atoms with van der Waals surface area (Å²) in [6.07, 6.45) is 7.11. The van der Waals surface area contributed by atoms with E-state index in [-0.39, 0.29) is 0 Å². The maximum atomic E-state index is 5.72. The molecular formula is C11H21NO. The lowest BCUT2D eigenvalue weighted by Crippen LogP contribution is -2.29. The monoisotopic (exact) mass is 183 g/mol. The third kappa shape index (κ3) is 2.68. The Hall–Kier alpha value is -0.0800. The van der Waals surface area contributed by atoms with Gasteiger partial charge in [-0.3, -0.25) is 0 Å². The van der Waals surface area contributed by atoms with Gasteiger partial charge in [-0.15, -0.1) is 0 Å². The van der Waals surface area contributed by atoms with Crippen molar-refractivity contribution in [2.75, 3.05) is 13.2 Å². The molecule has 1 N–H and O–H groups in total. The third-order valence-corrected chi connectivity index (χ3v) is 3.17. The van der Waals surface area contributed by atoms with Gasteiger partial charge >= 0.3 is 0 Å². The molecule has 76 valence electrons. The predicted molar refractivity (Wildman–Crippen MR) is 53.8 cm³/mol. The topological polar surface area (TPSA) is 21.3 Å². The van der Waals surface area contributed by atoms with E-state index in [2.05, 4.69) is 12.2 Å². The van der Waals surface area contributed by atoms with Crippen molar-refractivity contribution in [3.05, 3.63) is 0 Å². The van der Waals surface area contributed by atoms with Gasteiger partial charge in [0.1, 0.15) is 0 Å². The van der Waals surface area contributed by atoms with Crippen LogP contribution in [0.15, 0.2) is 0 Å². The first-order valence-electron chi connectivity index (χ1n) is 5.75. The van der Waals surface area contributed by atoms with Crippen molar-refractivity contribution in [1.82, 2.24) is 5.32 Å². The summed E-state index contributed by atoms with van der Waals surface area (Å²) in [7, 11) is 0. The molecule has 2 aliphatic rings. The lowest BCUT2D eigenvalue weighted by atomic mass is 9.98. The largest absolute Gasteiger partial charge is 0.378 e. The minimum atomic E-state index is 0.552. The molecule has 2 atom stereocenters. The molecule has 0 spiro atoms. The highest BCUT2D eigenvalue weighted by atomic mass is 16.5. The Bertz CT molecular complexity index is 156. The molecular weight excluding hydrogens is 162 g/mol. The van der Waals surface area contributed by atoms with Gasteiger partial charge in [0.05, 0.1) is 6.10 Å². The van der Waals surface area contributed by atoms with E-state index in [9.17, 15) is 0 Å². The first kappa shape index (κ1) is 9.47. The minimum Gasteiger partial charge on any atom is -0.378 e. The smallest absolute Gasteiger partial charge is 0.0616 e. The summed E-state index contributed by atoms with van der Waals surface area (Å²) in [5.41, 5.74) is 0. The van der Waals surface area contributed by atoms with E-state index in [0.717, 1.165) is 18.6 Å². The highest BCUT2D eigenvalue weighted by Gasteiger charge is 2.29. The summed E-state index contributed by atoms with van der Waals surface area (Å²) in [5, 5.41) is 3.61. The molecule has 0 aromatic heterocycles. The lowest BCUT2D eigenvalue weighted by molar-refractivity contribution is 0.0826. The first-order valence-corrected chi connectivity index (χ1v) is 5.75. The molecule has 2 heteroatoms. The van der Waals surface area contributed by atoms with E-state index in [1.165, 1.54) is 38.6 Å². The van der Waals surface area contributed by atoms with E-state index in [1.807, 2.05) is 0 Å². The maximum absolute atomic E-state index is 5.72. The van der Waals surface area contributed by atoms with E-state index >= 15 is 0 Å². The van der Waals surface area contributed by atoms with Crippen LogP contribution in [0.5, 0.6) is 0 Å². The van der Waals surface area contributed by atoms with Gasteiger partial charge < -0.3 is 10.1 Å². The Balaban J connectivity index is 1.68. The number of ether oxygens (including phenoxy) is 1. The summed E-state index contributed by atoms with van der Waals surface area (Å²) in [6, 6.07) is 0.850. The van der Waals surface area contributed by atoms with E-state index < -0.39 is 0 Å². The van der Waals surface area contributed by atoms with Crippen LogP contribution >= 0.6 is 0 Å². The van der Waals surface area contributed by atoms with Gasteiger partial charge in [-0.05, 0) is 31.6 Å². The molecule has 2 unspecified atom stereocenters. The number of hydrogen-bond acceptors (Lipinski definition) is 2. The zero-order valence-corrected chi connectivity index (χ0v) is 8.59. The normalized spacial score (nSPS) is 33.9. The summed E-state index contributed by atoms with van der Waals surface area (Å²) in [6.45, 7) is 4.42. The molecule has 1 saturated heterocycles. The molecule has 2 nitrogen and oxygen atoms in total. The summed E-state index contributed by atoms with van der Waals surface area (Å²) >= 11 is 0. The average Bonchev–Trinajstić information content (AvgIpc) is 2.86. The molecule has 1 aliphatic heterocycles. The Morgan fingerprint density at radius 2 is 2.15 bits per heavy atom. The van der Waals surface area contributed by atoms with Gasteiger partial charge in [-0.1, -0.05) is 13.3 Å². The van der Waals surface area contributed by atoms with E-state index in [4.69, 9.17) is 4.74 Å². The third-order valence-electron chi connectivity index (χ3n) is 3.17. The second-order valence-electron chi connectivity index (χ2n) is 4.43. The fraction of sp³-hybridized carbons (Fsp3) is 1.00. The highest BCUT2D eigenvalue weighted by Crippen LogP contribution is 2.26. The average molecular weight is 183 g/mol. The second kappa shape index (κ2) is 4.43. The molecule has 0 bridgehead atoms. The van der Waals surface area contributed by atoms with Crippen LogP contribution in [0.2, 0.25) is 0 Å². The fourth-order valence-corrected chi connectivity index (χ4v) is 2.14. The first-order chi connectivity index (χ1) is 6.40. The van der Waals surface area contributed by atoms with Crippen molar-refractivity contribution in [2.45, 2.75) is 51.2 Å². The van der Waals surface area contributed by atoms with Crippen molar-refractivity contribution >= 4 is 0 Å². The van der Waals surface area contributed by atoms with E-state index in [1.54, 1.807) is 0 Å². The maximum Gasteiger partial charge on any atom is 0.0616 e. The van der Waals surface area contributed by atoms with Crippen LogP contribution in [-0.4, -0.2) is 25.3 Å². The zero-order valence-electron chi connectivity index (χ0n) is 8.59. The molecule has 13 heavy (non-hydrogen) atoms. The Morgan fingerprint density at radius 3 is 2.85 bits per heavy atom. The molecule has 0 radical (unpaired) electrons. The van der Waals surface area contributed by atoms with Gasteiger partial charge in [0.25, 0.3) is 0 Å². The molecule has 0 aromatic carbocycles. The van der Waals surface area contributed by atoms with Gasteiger partial charge in [-0.25, -0.2) is 0 Å². The molecule has 1 saturated carbocycles. The minimum absolute atomic E-state index is 0.552. The SMILES string of the molecule is CCCC1OCCC1CNC1CC1. The lowest BCUT2D eigenvalue weighted by Gasteiger charge is -2.18. The van der Waals surface area contributed by atoms with Crippen molar-refractivity contribution in [1.29, 1.82) is 0 Å². The van der Waals surface area contributed by atoms with Gasteiger partial charge in [0.15, 0.2) is 0 Å². The predicted octanol–water partition coefficient (Wildman–Crippen LogP) is 1.94. The van der Waals surface area contributed by atoms with Gasteiger partial charge in [-0.2, -0.15) is 0 Å². The van der Waals surface area contributed by atoms with Crippen molar-refractivity contribution in [3.63, 3.8) is 0 Å². The molecule has 2 rings (SSSR count). The van der Waals surface area contributed by atoms with E-state index in [0.29, 0.717) is 6.10 Å². The van der Waals surface area contributed by atoms with Crippen LogP contribution in [0.4, 0.5) is 0 Å². The van der Waals surface area contributed by atoms with Crippen LogP contribution in [-0.2, 0) is 4.74 Å². The molecule has 0 aromatic rings. The Kier molecular flexibility index (Phi) is 3.23. The molecule has 1 aliphatic carbocycles. The summed E-state index contributed by atoms with van der Waals surface area (Å²) in [4.78, 5) is 0. The van der Waals surface area contributed by atoms with Crippen molar-refractivity contribution in [3.8, 4) is 0 Å². The molecule has 0 amide bonds. The number of rotatable bonds is 5. The fourth-order valence-electron chi connectivity index (χ4n) is 2.14. The molecule has 1 heterocycles. The van der Waals surface area contributed by atoms with Gasteiger partial charge in [0.2, 0.25) is 0 Å². The van der Waals surface area contributed by atoms with Crippen LogP contribution in [0.1, 0.15) is 39.0 Å². The Morgan fingerprint density at radius 1 is 1.31 bits per heavy atom.